The summed E-state index contributed by atoms with van der Waals surface area (Å²) in [4.78, 5) is 0. The first-order valence-electron chi connectivity index (χ1n) is 7.77. The first-order valence-corrected chi connectivity index (χ1v) is 8.56. The van der Waals surface area contributed by atoms with E-state index >= 15 is 0 Å². The topological polar surface area (TPSA) is 12.0 Å². The molecule has 2 heteroatoms. The minimum atomic E-state index is 0.662. The second-order valence-corrected chi connectivity index (χ2v) is 6.71. The molecule has 0 aliphatic heterocycles. The molecule has 0 aromatic heterocycles. The van der Waals surface area contributed by atoms with Crippen molar-refractivity contribution in [3.05, 3.63) is 34.3 Å². The number of nitrogens with one attached hydrogen (secondary N) is 1. The highest BCUT2D eigenvalue weighted by molar-refractivity contribution is 9.10. The van der Waals surface area contributed by atoms with E-state index in [1.807, 2.05) is 0 Å². The van der Waals surface area contributed by atoms with Gasteiger partial charge in [0.25, 0.3) is 0 Å². The molecule has 0 saturated heterocycles. The summed E-state index contributed by atoms with van der Waals surface area (Å²) < 4.78 is 1.20. The van der Waals surface area contributed by atoms with Gasteiger partial charge in [0.05, 0.1) is 0 Å². The van der Waals surface area contributed by atoms with E-state index in [-0.39, 0.29) is 0 Å². The summed E-state index contributed by atoms with van der Waals surface area (Å²) in [6, 6.07) is 9.45. The maximum absolute atomic E-state index is 3.79. The van der Waals surface area contributed by atoms with Crippen LogP contribution in [0.4, 0.5) is 0 Å². The van der Waals surface area contributed by atoms with E-state index in [9.17, 15) is 0 Å². The average molecular weight is 324 g/mol. The van der Waals surface area contributed by atoms with Gasteiger partial charge in [0.15, 0.2) is 0 Å². The molecule has 106 valence electrons. The minimum absolute atomic E-state index is 0.662. The fourth-order valence-electron chi connectivity index (χ4n) is 3.19. The Morgan fingerprint density at radius 2 is 2.05 bits per heavy atom. The van der Waals surface area contributed by atoms with Gasteiger partial charge in [0, 0.05) is 10.5 Å². The fourth-order valence-corrected chi connectivity index (χ4v) is 3.64. The zero-order valence-corrected chi connectivity index (χ0v) is 13.6. The van der Waals surface area contributed by atoms with Crippen LogP contribution in [0.2, 0.25) is 0 Å². The van der Waals surface area contributed by atoms with E-state index in [0.717, 1.165) is 12.5 Å². The van der Waals surface area contributed by atoms with Gasteiger partial charge in [-0.2, -0.15) is 0 Å². The molecule has 0 bridgehead atoms. The molecule has 1 aliphatic rings. The van der Waals surface area contributed by atoms with Gasteiger partial charge in [0.1, 0.15) is 0 Å². The number of benzene rings is 1. The molecule has 1 nitrogen and oxygen atoms in total. The third-order valence-electron chi connectivity index (χ3n) is 4.22. The lowest BCUT2D eigenvalue weighted by Gasteiger charge is -2.31. The molecule has 1 aromatic rings. The summed E-state index contributed by atoms with van der Waals surface area (Å²) in [6.07, 6.45) is 9.51. The quantitative estimate of drug-likeness (QED) is 0.781. The molecule has 1 fully saturated rings. The Hall–Kier alpha value is -0.340. The number of hydrogen-bond donors (Lipinski definition) is 1. The molecule has 1 N–H and O–H groups in total. The summed E-state index contributed by atoms with van der Waals surface area (Å²) in [6.45, 7) is 3.40. The van der Waals surface area contributed by atoms with Crippen LogP contribution in [-0.4, -0.2) is 12.6 Å². The maximum Gasteiger partial charge on any atom is 0.0178 e. The van der Waals surface area contributed by atoms with Crippen molar-refractivity contribution in [1.29, 1.82) is 0 Å². The Kier molecular flexibility index (Phi) is 6.39. The SMILES string of the molecule is CCCNC(Cc1cccc(Br)c1)C1CCCCC1. The predicted molar refractivity (Wildman–Crippen MR) is 86.5 cm³/mol. The lowest BCUT2D eigenvalue weighted by Crippen LogP contribution is -2.39. The van der Waals surface area contributed by atoms with Gasteiger partial charge in [-0.1, -0.05) is 54.2 Å². The lowest BCUT2D eigenvalue weighted by atomic mass is 9.81. The normalized spacial score (nSPS) is 18.4. The molecule has 1 unspecified atom stereocenters. The number of halogens is 1. The second kappa shape index (κ2) is 8.06. The van der Waals surface area contributed by atoms with Crippen molar-refractivity contribution in [3.8, 4) is 0 Å². The molecular formula is C17H26BrN. The van der Waals surface area contributed by atoms with Crippen LogP contribution in [0.15, 0.2) is 28.7 Å². The highest BCUT2D eigenvalue weighted by Crippen LogP contribution is 2.28. The third-order valence-corrected chi connectivity index (χ3v) is 4.71. The van der Waals surface area contributed by atoms with Gasteiger partial charge >= 0.3 is 0 Å². The van der Waals surface area contributed by atoms with E-state index < -0.39 is 0 Å². The highest BCUT2D eigenvalue weighted by atomic mass is 79.9. The zero-order valence-electron chi connectivity index (χ0n) is 12.0. The van der Waals surface area contributed by atoms with E-state index in [4.69, 9.17) is 0 Å². The van der Waals surface area contributed by atoms with Crippen LogP contribution < -0.4 is 5.32 Å². The van der Waals surface area contributed by atoms with Gasteiger partial charge < -0.3 is 5.32 Å². The third kappa shape index (κ3) is 4.92. The standard InChI is InChI=1S/C17H26BrN/c1-2-11-19-17(15-8-4-3-5-9-15)13-14-7-6-10-16(18)12-14/h6-7,10,12,15,17,19H,2-5,8-9,11,13H2,1H3. The molecule has 0 spiro atoms. The summed E-state index contributed by atoms with van der Waals surface area (Å²) in [5.74, 6) is 0.874. The Morgan fingerprint density at radius 3 is 2.74 bits per heavy atom. The van der Waals surface area contributed by atoms with Crippen molar-refractivity contribution < 1.29 is 0 Å². The van der Waals surface area contributed by atoms with Gasteiger partial charge in [-0.25, -0.2) is 0 Å². The Morgan fingerprint density at radius 1 is 1.26 bits per heavy atom. The van der Waals surface area contributed by atoms with Gasteiger partial charge in [-0.15, -0.1) is 0 Å². The van der Waals surface area contributed by atoms with Crippen molar-refractivity contribution >= 4 is 15.9 Å². The predicted octanol–water partition coefficient (Wildman–Crippen LogP) is 4.94. The van der Waals surface area contributed by atoms with Crippen LogP contribution in [0.25, 0.3) is 0 Å². The Balaban J connectivity index is 1.99. The molecule has 0 radical (unpaired) electrons. The van der Waals surface area contributed by atoms with Crippen LogP contribution in [0.5, 0.6) is 0 Å². The summed E-state index contributed by atoms with van der Waals surface area (Å²) in [5, 5.41) is 3.79. The van der Waals surface area contributed by atoms with Crippen molar-refractivity contribution in [3.63, 3.8) is 0 Å². The van der Waals surface area contributed by atoms with Crippen molar-refractivity contribution in [2.45, 2.75) is 57.9 Å². The average Bonchev–Trinajstić information content (AvgIpc) is 2.44. The van der Waals surface area contributed by atoms with E-state index in [1.165, 1.54) is 55.0 Å². The van der Waals surface area contributed by atoms with Crippen LogP contribution >= 0.6 is 15.9 Å². The fraction of sp³-hybridized carbons (Fsp3) is 0.647. The molecule has 1 aromatic carbocycles. The largest absolute Gasteiger partial charge is 0.313 e. The Labute approximate surface area is 126 Å². The molecule has 1 saturated carbocycles. The molecule has 0 amide bonds. The lowest BCUT2D eigenvalue weighted by molar-refractivity contribution is 0.267. The van der Waals surface area contributed by atoms with Crippen molar-refractivity contribution in [2.24, 2.45) is 5.92 Å². The monoisotopic (exact) mass is 323 g/mol. The molecule has 1 atom stereocenters. The van der Waals surface area contributed by atoms with Crippen molar-refractivity contribution in [1.82, 2.24) is 5.32 Å². The summed E-state index contributed by atoms with van der Waals surface area (Å²) in [5.41, 5.74) is 1.45. The van der Waals surface area contributed by atoms with Gasteiger partial charge in [-0.3, -0.25) is 0 Å². The minimum Gasteiger partial charge on any atom is -0.313 e. The summed E-state index contributed by atoms with van der Waals surface area (Å²) in [7, 11) is 0. The first kappa shape index (κ1) is 15.1. The second-order valence-electron chi connectivity index (χ2n) is 5.79. The summed E-state index contributed by atoms with van der Waals surface area (Å²) >= 11 is 3.58. The molecular weight excluding hydrogens is 298 g/mol. The highest BCUT2D eigenvalue weighted by Gasteiger charge is 2.23. The van der Waals surface area contributed by atoms with Gasteiger partial charge in [0.2, 0.25) is 0 Å². The van der Waals surface area contributed by atoms with Crippen molar-refractivity contribution in [2.75, 3.05) is 6.54 Å². The van der Waals surface area contributed by atoms with Gasteiger partial charge in [-0.05, 0) is 55.8 Å². The van der Waals surface area contributed by atoms with E-state index in [0.29, 0.717) is 6.04 Å². The van der Waals surface area contributed by atoms with Crippen LogP contribution in [0, 0.1) is 5.92 Å². The van der Waals surface area contributed by atoms with E-state index in [1.54, 1.807) is 0 Å². The molecule has 1 aliphatic carbocycles. The zero-order chi connectivity index (χ0) is 13.5. The van der Waals surface area contributed by atoms with Crippen LogP contribution in [0.3, 0.4) is 0 Å². The first-order chi connectivity index (χ1) is 9.29. The molecule has 0 heterocycles. The molecule has 19 heavy (non-hydrogen) atoms. The van der Waals surface area contributed by atoms with Crippen LogP contribution in [-0.2, 0) is 6.42 Å². The number of rotatable bonds is 6. The smallest absolute Gasteiger partial charge is 0.0178 e. The molecule has 2 rings (SSSR count). The number of hydrogen-bond acceptors (Lipinski definition) is 1. The van der Waals surface area contributed by atoms with Crippen LogP contribution in [0.1, 0.15) is 51.0 Å². The van der Waals surface area contributed by atoms with E-state index in [2.05, 4.69) is 52.4 Å². The Bertz CT molecular complexity index is 371. The maximum atomic E-state index is 3.79.